The molecule has 0 atom stereocenters. The fourth-order valence-electron chi connectivity index (χ4n) is 1.79. The van der Waals surface area contributed by atoms with Crippen LogP contribution < -0.4 is 14.2 Å². The number of hydrogen-bond donors (Lipinski definition) is 1. The summed E-state index contributed by atoms with van der Waals surface area (Å²) in [5.74, 6) is 0.0866. The Morgan fingerprint density at radius 1 is 1.18 bits per heavy atom. The number of ether oxygens (including phenoxy) is 2. The standard InChI is InChI=1S/C13H9ClN2O5S/c14-9-2-4-12(15-6-9)22(18,19)16-13(17)8-1-3-10-11(5-8)21-7-20-10/h1-6H,7H2,(H,16,17). The van der Waals surface area contributed by atoms with Crippen LogP contribution in [0.3, 0.4) is 0 Å². The van der Waals surface area contributed by atoms with Gasteiger partial charge in [-0.15, -0.1) is 0 Å². The largest absolute Gasteiger partial charge is 0.454 e. The summed E-state index contributed by atoms with van der Waals surface area (Å²) < 4.78 is 36.3. The van der Waals surface area contributed by atoms with Crippen molar-refractivity contribution in [1.29, 1.82) is 0 Å². The first-order valence-corrected chi connectivity index (χ1v) is 7.90. The van der Waals surface area contributed by atoms with Gasteiger partial charge in [0.1, 0.15) is 0 Å². The number of aromatic nitrogens is 1. The van der Waals surface area contributed by atoms with E-state index in [1.807, 2.05) is 4.72 Å². The molecule has 2 aromatic rings. The molecule has 1 N–H and O–H groups in total. The van der Waals surface area contributed by atoms with Crippen molar-refractivity contribution in [3.63, 3.8) is 0 Å². The Bertz CT molecular complexity index is 836. The molecule has 9 heteroatoms. The summed E-state index contributed by atoms with van der Waals surface area (Å²) in [6, 6.07) is 6.95. The summed E-state index contributed by atoms with van der Waals surface area (Å²) in [6.07, 6.45) is 1.18. The lowest BCUT2D eigenvalue weighted by Crippen LogP contribution is -2.31. The van der Waals surface area contributed by atoms with Crippen LogP contribution in [-0.2, 0) is 10.0 Å². The first kappa shape index (κ1) is 14.6. The molecule has 1 amide bonds. The third-order valence-electron chi connectivity index (χ3n) is 2.84. The second kappa shape index (κ2) is 5.47. The highest BCUT2D eigenvalue weighted by molar-refractivity contribution is 7.90. The zero-order valence-corrected chi connectivity index (χ0v) is 12.5. The summed E-state index contributed by atoms with van der Waals surface area (Å²) in [5, 5.41) is -0.00737. The van der Waals surface area contributed by atoms with Gasteiger partial charge in [-0.2, -0.15) is 8.42 Å². The number of halogens is 1. The van der Waals surface area contributed by atoms with Crippen LogP contribution in [0.5, 0.6) is 11.5 Å². The lowest BCUT2D eigenvalue weighted by atomic mass is 10.2. The van der Waals surface area contributed by atoms with E-state index >= 15 is 0 Å². The van der Waals surface area contributed by atoms with Gasteiger partial charge in [-0.25, -0.2) is 9.71 Å². The van der Waals surface area contributed by atoms with Crippen molar-refractivity contribution < 1.29 is 22.7 Å². The van der Waals surface area contributed by atoms with Gasteiger partial charge < -0.3 is 9.47 Å². The zero-order valence-electron chi connectivity index (χ0n) is 10.9. The Hall–Kier alpha value is -2.32. The molecule has 0 unspecified atom stereocenters. The molecule has 0 saturated heterocycles. The number of benzene rings is 1. The Morgan fingerprint density at radius 3 is 2.68 bits per heavy atom. The van der Waals surface area contributed by atoms with Gasteiger partial charge in [0.05, 0.1) is 5.02 Å². The molecular formula is C13H9ClN2O5S. The summed E-state index contributed by atoms with van der Waals surface area (Å²) in [5.41, 5.74) is 0.127. The molecule has 1 aromatic heterocycles. The summed E-state index contributed by atoms with van der Waals surface area (Å²) in [7, 11) is -4.08. The maximum Gasteiger partial charge on any atom is 0.281 e. The Morgan fingerprint density at radius 2 is 1.95 bits per heavy atom. The first-order chi connectivity index (χ1) is 10.5. The van der Waals surface area contributed by atoms with Gasteiger partial charge in [-0.05, 0) is 30.3 Å². The fraction of sp³-hybridized carbons (Fsp3) is 0.0769. The number of sulfonamides is 1. The van der Waals surface area contributed by atoms with Gasteiger partial charge in [0, 0.05) is 11.8 Å². The van der Waals surface area contributed by atoms with E-state index in [1.54, 1.807) is 0 Å². The molecule has 0 bridgehead atoms. The van der Waals surface area contributed by atoms with E-state index < -0.39 is 15.9 Å². The number of pyridine rings is 1. The van der Waals surface area contributed by atoms with Crippen LogP contribution in [0.15, 0.2) is 41.6 Å². The normalized spacial score (nSPS) is 13.0. The van der Waals surface area contributed by atoms with Gasteiger partial charge in [0.15, 0.2) is 16.5 Å². The highest BCUT2D eigenvalue weighted by Crippen LogP contribution is 2.32. The topological polar surface area (TPSA) is 94.6 Å². The summed E-state index contributed by atoms with van der Waals surface area (Å²) in [6.45, 7) is 0.0629. The Kier molecular flexibility index (Phi) is 3.63. The second-order valence-electron chi connectivity index (χ2n) is 4.32. The van der Waals surface area contributed by atoms with Crippen molar-refractivity contribution in [3.8, 4) is 11.5 Å². The van der Waals surface area contributed by atoms with Crippen molar-refractivity contribution in [1.82, 2.24) is 9.71 Å². The van der Waals surface area contributed by atoms with Crippen LogP contribution in [0.4, 0.5) is 0 Å². The number of carbonyl (C=O) groups is 1. The average Bonchev–Trinajstić information content (AvgIpc) is 2.94. The molecule has 1 aliphatic heterocycles. The minimum absolute atomic E-state index is 0.0629. The van der Waals surface area contributed by atoms with Crippen LogP contribution in [-0.4, -0.2) is 26.1 Å². The molecule has 114 valence electrons. The van der Waals surface area contributed by atoms with Crippen molar-refractivity contribution >= 4 is 27.5 Å². The van der Waals surface area contributed by atoms with E-state index in [1.165, 1.54) is 36.5 Å². The minimum atomic E-state index is -4.08. The molecule has 1 aliphatic rings. The van der Waals surface area contributed by atoms with Crippen LogP contribution in [0.2, 0.25) is 5.02 Å². The van der Waals surface area contributed by atoms with Gasteiger partial charge in [-0.3, -0.25) is 4.79 Å². The van der Waals surface area contributed by atoms with Crippen LogP contribution >= 0.6 is 11.6 Å². The number of carbonyl (C=O) groups excluding carboxylic acids is 1. The van der Waals surface area contributed by atoms with Gasteiger partial charge in [0.2, 0.25) is 6.79 Å². The monoisotopic (exact) mass is 340 g/mol. The van der Waals surface area contributed by atoms with Gasteiger partial charge in [0.25, 0.3) is 15.9 Å². The number of nitrogens with one attached hydrogen (secondary N) is 1. The Labute approximate surface area is 130 Å². The van der Waals surface area contributed by atoms with E-state index in [0.29, 0.717) is 16.5 Å². The third kappa shape index (κ3) is 2.83. The van der Waals surface area contributed by atoms with E-state index in [9.17, 15) is 13.2 Å². The van der Waals surface area contributed by atoms with Crippen molar-refractivity contribution in [2.45, 2.75) is 5.03 Å². The fourth-order valence-corrected chi connectivity index (χ4v) is 2.81. The molecule has 0 aliphatic carbocycles. The molecular weight excluding hydrogens is 332 g/mol. The Balaban J connectivity index is 1.83. The van der Waals surface area contributed by atoms with Crippen molar-refractivity contribution in [2.24, 2.45) is 0 Å². The lowest BCUT2D eigenvalue weighted by molar-refractivity contribution is 0.0981. The van der Waals surface area contributed by atoms with Gasteiger partial charge >= 0.3 is 0 Å². The van der Waals surface area contributed by atoms with Crippen LogP contribution in [0, 0.1) is 0 Å². The maximum absolute atomic E-state index is 12.1. The van der Waals surface area contributed by atoms with Crippen LogP contribution in [0.1, 0.15) is 10.4 Å². The van der Waals surface area contributed by atoms with Crippen molar-refractivity contribution in [2.75, 3.05) is 6.79 Å². The maximum atomic E-state index is 12.1. The summed E-state index contributed by atoms with van der Waals surface area (Å²) in [4.78, 5) is 15.7. The van der Waals surface area contributed by atoms with Gasteiger partial charge in [-0.1, -0.05) is 11.6 Å². The van der Waals surface area contributed by atoms with Crippen LogP contribution in [0.25, 0.3) is 0 Å². The second-order valence-corrected chi connectivity index (χ2v) is 6.38. The number of fused-ring (bicyclic) bond motifs is 1. The highest BCUT2D eigenvalue weighted by Gasteiger charge is 2.22. The van der Waals surface area contributed by atoms with E-state index in [-0.39, 0.29) is 17.4 Å². The summed E-state index contributed by atoms with van der Waals surface area (Å²) >= 11 is 5.65. The van der Waals surface area contributed by atoms with Crippen molar-refractivity contribution in [3.05, 3.63) is 47.1 Å². The minimum Gasteiger partial charge on any atom is -0.454 e. The number of rotatable bonds is 3. The number of hydrogen-bond acceptors (Lipinski definition) is 6. The molecule has 7 nitrogen and oxygen atoms in total. The first-order valence-electron chi connectivity index (χ1n) is 6.04. The smallest absolute Gasteiger partial charge is 0.281 e. The lowest BCUT2D eigenvalue weighted by Gasteiger charge is -2.07. The number of amides is 1. The molecule has 3 rings (SSSR count). The molecule has 0 radical (unpaired) electrons. The predicted octanol–water partition coefficient (Wildman–Crippen LogP) is 1.58. The molecule has 2 heterocycles. The van der Waals surface area contributed by atoms with E-state index in [4.69, 9.17) is 21.1 Å². The SMILES string of the molecule is O=C(NS(=O)(=O)c1ccc(Cl)cn1)c1ccc2c(c1)OCO2. The molecule has 0 spiro atoms. The number of nitrogens with zero attached hydrogens (tertiary/aromatic N) is 1. The van der Waals surface area contributed by atoms with E-state index in [2.05, 4.69) is 4.98 Å². The molecule has 0 fully saturated rings. The third-order valence-corrected chi connectivity index (χ3v) is 4.31. The average molecular weight is 341 g/mol. The highest BCUT2D eigenvalue weighted by atomic mass is 35.5. The molecule has 0 saturated carbocycles. The quantitative estimate of drug-likeness (QED) is 0.911. The zero-order chi connectivity index (χ0) is 15.7. The van der Waals surface area contributed by atoms with E-state index in [0.717, 1.165) is 0 Å². The molecule has 1 aromatic carbocycles. The molecule has 22 heavy (non-hydrogen) atoms. The predicted molar refractivity (Wildman–Crippen MR) is 76.5 cm³/mol.